The second kappa shape index (κ2) is 13.0. The van der Waals surface area contributed by atoms with Crippen LogP contribution in [-0.2, 0) is 22.6 Å². The predicted octanol–water partition coefficient (Wildman–Crippen LogP) is 6.78. The van der Waals surface area contributed by atoms with E-state index in [1.165, 1.54) is 37.7 Å². The molecule has 204 valence electrons. The number of rotatable bonds is 9. The Balaban J connectivity index is 1.17. The van der Waals surface area contributed by atoms with Gasteiger partial charge in [-0.05, 0) is 41.0 Å². The number of aliphatic carboxylic acids is 1. The second-order valence-electron chi connectivity index (χ2n) is 10.3. The smallest absolute Gasteiger partial charge is 0.408 e. The van der Waals surface area contributed by atoms with E-state index in [0.717, 1.165) is 27.8 Å². The highest BCUT2D eigenvalue weighted by atomic mass is 16.5. The number of carbonyl (C=O) groups is 2. The van der Waals surface area contributed by atoms with Crippen LogP contribution in [0.1, 0.15) is 54.7 Å². The van der Waals surface area contributed by atoms with E-state index in [9.17, 15) is 14.7 Å². The van der Waals surface area contributed by atoms with E-state index in [4.69, 9.17) is 4.74 Å². The zero-order valence-corrected chi connectivity index (χ0v) is 22.3. The van der Waals surface area contributed by atoms with Crippen molar-refractivity contribution < 1.29 is 19.4 Å². The Morgan fingerprint density at radius 2 is 1.45 bits per heavy atom. The Labute approximate surface area is 234 Å². The number of nitrogens with one attached hydrogen (secondary N) is 1. The van der Waals surface area contributed by atoms with Crippen LogP contribution >= 0.6 is 0 Å². The maximum atomic E-state index is 12.2. The summed E-state index contributed by atoms with van der Waals surface area (Å²) in [6, 6.07) is 24.2. The van der Waals surface area contributed by atoms with Crippen LogP contribution in [-0.4, -0.2) is 33.2 Å². The molecule has 40 heavy (non-hydrogen) atoms. The number of carboxylic acids is 1. The zero-order valence-electron chi connectivity index (χ0n) is 22.3. The minimum absolute atomic E-state index is 0.0677. The van der Waals surface area contributed by atoms with E-state index < -0.39 is 18.1 Å². The molecule has 3 aromatic carbocycles. The first-order valence-corrected chi connectivity index (χ1v) is 13.8. The van der Waals surface area contributed by atoms with Crippen molar-refractivity contribution >= 4 is 12.1 Å². The largest absolute Gasteiger partial charge is 0.480 e. The highest BCUT2D eigenvalue weighted by molar-refractivity contribution is 5.80. The molecule has 4 aromatic rings. The molecule has 0 aliphatic heterocycles. The number of aromatic nitrogens is 2. The molecule has 0 spiro atoms. The van der Waals surface area contributed by atoms with Gasteiger partial charge in [-0.2, -0.15) is 0 Å². The second-order valence-corrected chi connectivity index (χ2v) is 10.3. The summed E-state index contributed by atoms with van der Waals surface area (Å²) < 4.78 is 5.17. The average Bonchev–Trinajstić information content (AvgIpc) is 3.01. The molecule has 1 aliphatic rings. The van der Waals surface area contributed by atoms with Crippen LogP contribution in [0.25, 0.3) is 22.5 Å². The molecular weight excluding hydrogens is 502 g/mol. The Kier molecular flexibility index (Phi) is 8.81. The molecule has 0 bridgehead atoms. The van der Waals surface area contributed by atoms with E-state index in [1.807, 2.05) is 67.0 Å². The van der Waals surface area contributed by atoms with Crippen molar-refractivity contribution in [2.24, 2.45) is 0 Å². The lowest BCUT2D eigenvalue weighted by molar-refractivity contribution is -0.139. The molecule has 1 saturated carbocycles. The van der Waals surface area contributed by atoms with Crippen LogP contribution < -0.4 is 5.32 Å². The van der Waals surface area contributed by atoms with E-state index in [1.54, 1.807) is 0 Å². The topological polar surface area (TPSA) is 101 Å². The fraction of sp³-hybridized carbons (Fsp3) is 0.273. The van der Waals surface area contributed by atoms with Crippen molar-refractivity contribution in [1.82, 2.24) is 15.3 Å². The van der Waals surface area contributed by atoms with E-state index in [2.05, 4.69) is 39.6 Å². The molecule has 1 fully saturated rings. The Bertz CT molecular complexity index is 1400. The quantitative estimate of drug-likeness (QED) is 0.245. The number of hydrogen-bond donors (Lipinski definition) is 2. The average molecular weight is 536 g/mol. The number of carbonyl (C=O) groups excluding carboxylic acids is 1. The van der Waals surface area contributed by atoms with Crippen LogP contribution in [0.15, 0.2) is 91.3 Å². The summed E-state index contributed by atoms with van der Waals surface area (Å²) in [4.78, 5) is 33.1. The van der Waals surface area contributed by atoms with Gasteiger partial charge in [0.2, 0.25) is 0 Å². The minimum Gasteiger partial charge on any atom is -0.480 e. The molecule has 1 atom stereocenters. The summed E-state index contributed by atoms with van der Waals surface area (Å²) in [5.74, 6) is 0.136. The lowest BCUT2D eigenvalue weighted by Gasteiger charge is -2.22. The summed E-state index contributed by atoms with van der Waals surface area (Å²) in [5, 5.41) is 12.1. The Morgan fingerprint density at radius 3 is 2.10 bits per heavy atom. The summed E-state index contributed by atoms with van der Waals surface area (Å²) in [5.41, 5.74) is 5.88. The summed E-state index contributed by atoms with van der Waals surface area (Å²) >= 11 is 0. The molecule has 1 aromatic heterocycles. The highest BCUT2D eigenvalue weighted by Gasteiger charge is 2.21. The first-order valence-electron chi connectivity index (χ1n) is 13.8. The van der Waals surface area contributed by atoms with Crippen molar-refractivity contribution in [3.63, 3.8) is 0 Å². The standard InChI is InChI=1S/C33H33N3O4/c37-32(38)30(36-33(39)40-22-24-7-3-1-4-8-24)19-23-11-13-28(14-12-23)31-34-20-29(21-35-31)27-17-15-26(16-18-27)25-9-5-2-6-10-25/h1,3-4,7-8,11-18,20-21,25,30H,2,5-6,9-10,19,22H2,(H,36,39)(H,37,38). The molecule has 0 radical (unpaired) electrons. The van der Waals surface area contributed by atoms with Crippen molar-refractivity contribution in [3.8, 4) is 22.5 Å². The maximum Gasteiger partial charge on any atom is 0.408 e. The number of nitrogens with zero attached hydrogens (tertiary/aromatic N) is 2. The van der Waals surface area contributed by atoms with Gasteiger partial charge in [0.25, 0.3) is 0 Å². The van der Waals surface area contributed by atoms with Gasteiger partial charge in [-0.3, -0.25) is 0 Å². The number of ether oxygens (including phenoxy) is 1. The predicted molar refractivity (Wildman–Crippen MR) is 154 cm³/mol. The van der Waals surface area contributed by atoms with E-state index >= 15 is 0 Å². The fourth-order valence-corrected chi connectivity index (χ4v) is 5.14. The third kappa shape index (κ3) is 7.11. The summed E-state index contributed by atoms with van der Waals surface area (Å²) in [6.45, 7) is 0.0677. The van der Waals surface area contributed by atoms with Crippen LogP contribution in [0.2, 0.25) is 0 Å². The van der Waals surface area contributed by atoms with Crippen LogP contribution in [0, 0.1) is 0 Å². The molecule has 1 aliphatic carbocycles. The van der Waals surface area contributed by atoms with E-state index in [-0.39, 0.29) is 13.0 Å². The zero-order chi connectivity index (χ0) is 27.7. The number of hydrogen-bond acceptors (Lipinski definition) is 5. The first-order chi connectivity index (χ1) is 19.5. The monoisotopic (exact) mass is 535 g/mol. The SMILES string of the molecule is O=C(NC(Cc1ccc(-c2ncc(-c3ccc(C4CCCCC4)cc3)cn2)cc1)C(=O)O)OCc1ccccc1. The van der Waals surface area contributed by atoms with Gasteiger partial charge in [0.15, 0.2) is 5.82 Å². The minimum atomic E-state index is -1.13. The molecule has 1 heterocycles. The van der Waals surface area contributed by atoms with Gasteiger partial charge in [-0.15, -0.1) is 0 Å². The van der Waals surface area contributed by atoms with Gasteiger partial charge < -0.3 is 15.2 Å². The number of carboxylic acid groups (broad SMARTS) is 1. The van der Waals surface area contributed by atoms with Crippen molar-refractivity contribution in [2.75, 3.05) is 0 Å². The summed E-state index contributed by atoms with van der Waals surface area (Å²) in [6.07, 6.45) is 9.57. The molecule has 5 rings (SSSR count). The van der Waals surface area contributed by atoms with Crippen LogP contribution in [0.5, 0.6) is 0 Å². The fourth-order valence-electron chi connectivity index (χ4n) is 5.14. The van der Waals surface area contributed by atoms with Crippen molar-refractivity contribution in [3.05, 3.63) is 108 Å². The normalized spacial score (nSPS) is 14.3. The third-order valence-corrected chi connectivity index (χ3v) is 7.43. The van der Waals surface area contributed by atoms with Gasteiger partial charge in [0.1, 0.15) is 12.6 Å². The number of benzene rings is 3. The van der Waals surface area contributed by atoms with Crippen LogP contribution in [0.4, 0.5) is 4.79 Å². The van der Waals surface area contributed by atoms with Crippen LogP contribution in [0.3, 0.4) is 0 Å². The Morgan fingerprint density at radius 1 is 0.800 bits per heavy atom. The number of alkyl carbamates (subject to hydrolysis) is 1. The Hall–Kier alpha value is -4.52. The molecule has 7 nitrogen and oxygen atoms in total. The molecule has 0 saturated heterocycles. The molecule has 2 N–H and O–H groups in total. The number of amides is 1. The molecule has 1 amide bonds. The molecule has 7 heteroatoms. The highest BCUT2D eigenvalue weighted by Crippen LogP contribution is 2.33. The molecule has 1 unspecified atom stereocenters. The molecular formula is C33H33N3O4. The van der Waals surface area contributed by atoms with Crippen molar-refractivity contribution in [1.29, 1.82) is 0 Å². The van der Waals surface area contributed by atoms with Gasteiger partial charge in [0.05, 0.1) is 0 Å². The van der Waals surface area contributed by atoms with E-state index in [0.29, 0.717) is 11.7 Å². The third-order valence-electron chi connectivity index (χ3n) is 7.43. The first kappa shape index (κ1) is 27.1. The maximum absolute atomic E-state index is 12.2. The van der Waals surface area contributed by atoms with Gasteiger partial charge in [0, 0.05) is 29.9 Å². The van der Waals surface area contributed by atoms with Gasteiger partial charge in [-0.25, -0.2) is 19.6 Å². The summed E-state index contributed by atoms with van der Waals surface area (Å²) in [7, 11) is 0. The lowest BCUT2D eigenvalue weighted by atomic mass is 9.84. The van der Waals surface area contributed by atoms with Gasteiger partial charge >= 0.3 is 12.1 Å². The van der Waals surface area contributed by atoms with Crippen molar-refractivity contribution in [2.45, 2.75) is 57.1 Å². The lowest BCUT2D eigenvalue weighted by Crippen LogP contribution is -2.42. The van der Waals surface area contributed by atoms with Gasteiger partial charge in [-0.1, -0.05) is 98.1 Å².